The first-order valence-electron chi connectivity index (χ1n) is 3.04. The second-order valence-electron chi connectivity index (χ2n) is 2.21. The lowest BCUT2D eigenvalue weighted by Gasteiger charge is -2.14. The minimum atomic E-state index is 0.0833. The number of ether oxygens (including phenoxy) is 1. The average molecular weight is 113 g/mol. The minimum Gasteiger partial charge on any atom is -0.362 e. The van der Waals surface area contributed by atoms with E-state index in [0.717, 1.165) is 6.42 Å². The Bertz CT molecular complexity index is 44.3. The Morgan fingerprint density at radius 2 is 2.00 bits per heavy atom. The van der Waals surface area contributed by atoms with Crippen LogP contribution in [0.2, 0.25) is 0 Å². The van der Waals surface area contributed by atoms with Gasteiger partial charge in [-0.1, -0.05) is 20.3 Å². The van der Waals surface area contributed by atoms with Crippen molar-refractivity contribution >= 4 is 0 Å². The monoisotopic (exact) mass is 113 g/mol. The zero-order valence-corrected chi connectivity index (χ0v) is 5.77. The van der Waals surface area contributed by atoms with Crippen molar-refractivity contribution in [3.8, 4) is 0 Å². The lowest BCUT2D eigenvalue weighted by atomic mass is 10.0. The Balaban J connectivity index is 3.29. The number of rotatable bonds is 3. The van der Waals surface area contributed by atoms with E-state index in [1.54, 1.807) is 0 Å². The molecular weight excluding hydrogens is 100 g/mol. The molecule has 0 aliphatic rings. The van der Waals surface area contributed by atoms with Crippen molar-refractivity contribution in [2.75, 3.05) is 0 Å². The van der Waals surface area contributed by atoms with Gasteiger partial charge < -0.3 is 4.74 Å². The zero-order chi connectivity index (χ0) is 6.57. The fourth-order valence-electron chi connectivity index (χ4n) is 0.448. The van der Waals surface area contributed by atoms with Crippen molar-refractivity contribution in [3.05, 3.63) is 7.11 Å². The Labute approximate surface area is 52.0 Å². The Kier molecular flexibility index (Phi) is 3.88. The van der Waals surface area contributed by atoms with Crippen LogP contribution in [0.15, 0.2) is 0 Å². The highest BCUT2D eigenvalue weighted by Crippen LogP contribution is 2.08. The van der Waals surface area contributed by atoms with Gasteiger partial charge in [0.1, 0.15) is 0 Å². The molecule has 0 saturated heterocycles. The summed E-state index contributed by atoms with van der Waals surface area (Å²) in [6.45, 7) is 6.10. The molecule has 8 heavy (non-hydrogen) atoms. The van der Waals surface area contributed by atoms with Crippen molar-refractivity contribution in [3.63, 3.8) is 0 Å². The maximum Gasteiger partial charge on any atom is 0.173 e. The van der Waals surface area contributed by atoms with Gasteiger partial charge in [-0.3, -0.25) is 0 Å². The molecule has 0 saturated carbocycles. The van der Waals surface area contributed by atoms with Crippen LogP contribution in [-0.4, -0.2) is 6.10 Å². The van der Waals surface area contributed by atoms with Gasteiger partial charge in [-0.2, -0.15) is 0 Å². The van der Waals surface area contributed by atoms with Crippen molar-refractivity contribution in [2.24, 2.45) is 5.92 Å². The van der Waals surface area contributed by atoms with E-state index in [4.69, 9.17) is 7.11 Å². The van der Waals surface area contributed by atoms with Crippen LogP contribution in [0.25, 0.3) is 0 Å². The highest BCUT2D eigenvalue weighted by molar-refractivity contribution is 4.57. The largest absolute Gasteiger partial charge is 0.362 e. The summed E-state index contributed by atoms with van der Waals surface area (Å²) in [5.41, 5.74) is 0. The van der Waals surface area contributed by atoms with E-state index in [-0.39, 0.29) is 6.10 Å². The molecule has 0 bridgehead atoms. The summed E-state index contributed by atoms with van der Waals surface area (Å²) in [5.74, 6) is 0.507. The molecule has 2 unspecified atom stereocenters. The van der Waals surface area contributed by atoms with Crippen LogP contribution in [0.5, 0.6) is 0 Å². The van der Waals surface area contributed by atoms with Gasteiger partial charge in [0.2, 0.25) is 0 Å². The summed E-state index contributed by atoms with van der Waals surface area (Å²) < 4.78 is 4.35. The second kappa shape index (κ2) is 3.90. The highest BCUT2D eigenvalue weighted by Gasteiger charge is 2.07. The topological polar surface area (TPSA) is 9.23 Å². The summed E-state index contributed by atoms with van der Waals surface area (Å²) in [7, 11) is 6.54. The van der Waals surface area contributed by atoms with Crippen molar-refractivity contribution in [1.82, 2.24) is 0 Å². The van der Waals surface area contributed by atoms with Gasteiger partial charge in [0.15, 0.2) is 7.11 Å². The summed E-state index contributed by atoms with van der Waals surface area (Å²) in [5, 5.41) is 0. The van der Waals surface area contributed by atoms with E-state index >= 15 is 0 Å². The molecule has 47 valence electrons. The lowest BCUT2D eigenvalue weighted by molar-refractivity contribution is 0.103. The maximum atomic E-state index is 6.54. The van der Waals surface area contributed by atoms with Gasteiger partial charge >= 0.3 is 0 Å². The third-order valence-electron chi connectivity index (χ3n) is 1.63. The average Bonchev–Trinajstić information content (AvgIpc) is 1.84. The fourth-order valence-corrected chi connectivity index (χ4v) is 0.448. The van der Waals surface area contributed by atoms with Crippen molar-refractivity contribution in [1.29, 1.82) is 0 Å². The second-order valence-corrected chi connectivity index (χ2v) is 2.21. The molecule has 0 rings (SSSR count). The third-order valence-corrected chi connectivity index (χ3v) is 1.63. The quantitative estimate of drug-likeness (QED) is 0.543. The first-order chi connectivity index (χ1) is 3.72. The maximum absolute atomic E-state index is 6.54. The fraction of sp³-hybridized carbons (Fsp3) is 0.857. The normalized spacial score (nSPS) is 18.0. The molecule has 0 heterocycles. The van der Waals surface area contributed by atoms with Crippen molar-refractivity contribution < 1.29 is 4.74 Å². The molecule has 0 aliphatic carbocycles. The molecule has 0 spiro atoms. The Morgan fingerprint density at radius 3 is 2.12 bits per heavy atom. The predicted molar refractivity (Wildman–Crippen MR) is 33.2 cm³/mol. The van der Waals surface area contributed by atoms with Crippen LogP contribution in [0.1, 0.15) is 27.2 Å². The Morgan fingerprint density at radius 1 is 1.50 bits per heavy atom. The molecule has 0 aliphatic heterocycles. The molecule has 0 aromatic carbocycles. The van der Waals surface area contributed by atoms with Gasteiger partial charge in [-0.25, -0.2) is 0 Å². The van der Waals surface area contributed by atoms with Gasteiger partial charge in [-0.05, 0) is 12.8 Å². The van der Waals surface area contributed by atoms with E-state index in [1.807, 2.05) is 6.92 Å². The highest BCUT2D eigenvalue weighted by atomic mass is 16.5. The third kappa shape index (κ3) is 2.31. The van der Waals surface area contributed by atoms with Gasteiger partial charge in [-0.15, -0.1) is 0 Å². The van der Waals surface area contributed by atoms with Crippen LogP contribution >= 0.6 is 0 Å². The smallest absolute Gasteiger partial charge is 0.173 e. The number of hydrogen-bond donors (Lipinski definition) is 0. The first kappa shape index (κ1) is 7.96. The van der Waals surface area contributed by atoms with E-state index < -0.39 is 0 Å². The molecule has 0 fully saturated rings. The molecule has 0 N–H and O–H groups in total. The van der Waals surface area contributed by atoms with E-state index in [0.29, 0.717) is 5.92 Å². The SMILES string of the molecule is [C]OC(C)C(C)CC. The molecule has 2 atom stereocenters. The van der Waals surface area contributed by atoms with Crippen LogP contribution in [0.4, 0.5) is 0 Å². The van der Waals surface area contributed by atoms with Crippen LogP contribution < -0.4 is 0 Å². The molecule has 0 aromatic heterocycles. The zero-order valence-electron chi connectivity index (χ0n) is 5.77. The lowest BCUT2D eigenvalue weighted by Crippen LogP contribution is -2.13. The standard InChI is InChI=1S/C7H13O/c1-5-6(2)7(3)8-4/h6-7H,5H2,1-3H3. The molecule has 3 radical (unpaired) electrons. The van der Waals surface area contributed by atoms with Gasteiger partial charge in [0, 0.05) is 0 Å². The molecule has 0 amide bonds. The molecular formula is C7H13O. The summed E-state index contributed by atoms with van der Waals surface area (Å²) in [4.78, 5) is 0. The summed E-state index contributed by atoms with van der Waals surface area (Å²) in [6, 6.07) is 0. The summed E-state index contributed by atoms with van der Waals surface area (Å²) in [6.07, 6.45) is 1.17. The van der Waals surface area contributed by atoms with Gasteiger partial charge in [0.25, 0.3) is 0 Å². The molecule has 1 nitrogen and oxygen atoms in total. The minimum absolute atomic E-state index is 0.0833. The Hall–Kier alpha value is -0.0400. The first-order valence-corrected chi connectivity index (χ1v) is 3.04. The van der Waals surface area contributed by atoms with Gasteiger partial charge in [0.05, 0.1) is 6.10 Å². The van der Waals surface area contributed by atoms with E-state index in [2.05, 4.69) is 18.6 Å². The van der Waals surface area contributed by atoms with Crippen LogP contribution in [0.3, 0.4) is 0 Å². The van der Waals surface area contributed by atoms with E-state index in [9.17, 15) is 0 Å². The van der Waals surface area contributed by atoms with E-state index in [1.165, 1.54) is 0 Å². The molecule has 1 heteroatoms. The van der Waals surface area contributed by atoms with Crippen LogP contribution in [-0.2, 0) is 4.74 Å². The predicted octanol–water partition coefficient (Wildman–Crippen LogP) is 1.98. The molecule has 0 aromatic rings. The van der Waals surface area contributed by atoms with Crippen LogP contribution in [0, 0.1) is 13.0 Å². The number of hydrogen-bond acceptors (Lipinski definition) is 1. The van der Waals surface area contributed by atoms with Crippen molar-refractivity contribution in [2.45, 2.75) is 33.3 Å². The summed E-state index contributed by atoms with van der Waals surface area (Å²) >= 11 is 0.